The van der Waals surface area contributed by atoms with E-state index in [9.17, 15) is 0 Å². The first-order valence-electron chi connectivity index (χ1n) is 3.71. The summed E-state index contributed by atoms with van der Waals surface area (Å²) in [5.41, 5.74) is 0.965. The second kappa shape index (κ2) is 8.20. The summed E-state index contributed by atoms with van der Waals surface area (Å²) in [5.74, 6) is 0. The van der Waals surface area contributed by atoms with Crippen molar-refractivity contribution in [2.24, 2.45) is 0 Å². The Balaban J connectivity index is 0.000000261. The Hall–Kier alpha value is -0.900. The maximum absolute atomic E-state index is 8.54. The van der Waals surface area contributed by atoms with Gasteiger partial charge >= 0.3 is 0 Å². The molecule has 3 nitrogen and oxygen atoms in total. The van der Waals surface area contributed by atoms with Gasteiger partial charge in [0.25, 0.3) is 0 Å². The Bertz CT molecular complexity index is 172. The van der Waals surface area contributed by atoms with Gasteiger partial charge in [0.15, 0.2) is 0 Å². The second-order valence-electron chi connectivity index (χ2n) is 2.09. The molecule has 0 aliphatic heterocycles. The number of rotatable bonds is 2. The van der Waals surface area contributed by atoms with Crippen molar-refractivity contribution in [3.63, 3.8) is 0 Å². The maximum Gasteiger partial charge on any atom is 0.0681 e. The van der Waals surface area contributed by atoms with Gasteiger partial charge in [-0.1, -0.05) is 30.3 Å². The monoisotopic (exact) mass is 170 g/mol. The molecule has 0 saturated heterocycles. The predicted molar refractivity (Wildman–Crippen MR) is 46.5 cm³/mol. The first-order valence-corrected chi connectivity index (χ1v) is 3.71. The van der Waals surface area contributed by atoms with E-state index in [-0.39, 0.29) is 19.8 Å². The zero-order valence-electron chi connectivity index (χ0n) is 6.85. The summed E-state index contributed by atoms with van der Waals surface area (Å²) < 4.78 is 0. The Kier molecular flexibility index (Phi) is 7.58. The summed E-state index contributed by atoms with van der Waals surface area (Å²) in [6.45, 7) is -0.110. The van der Waals surface area contributed by atoms with E-state index >= 15 is 0 Å². The summed E-state index contributed by atoms with van der Waals surface area (Å²) >= 11 is 0. The van der Waals surface area contributed by atoms with Gasteiger partial charge in [-0.25, -0.2) is 0 Å². The summed E-state index contributed by atoms with van der Waals surface area (Å²) in [7, 11) is 0. The third-order valence-electron chi connectivity index (χ3n) is 1.13. The Morgan fingerprint density at radius 1 is 0.833 bits per heavy atom. The van der Waals surface area contributed by atoms with Crippen LogP contribution in [0.25, 0.3) is 0 Å². The average molecular weight is 170 g/mol. The highest BCUT2D eigenvalue weighted by molar-refractivity contribution is 5.12. The van der Waals surface area contributed by atoms with Gasteiger partial charge in [0.05, 0.1) is 19.8 Å². The molecule has 68 valence electrons. The third-order valence-corrected chi connectivity index (χ3v) is 1.13. The first-order chi connectivity index (χ1) is 5.85. The zero-order chi connectivity index (χ0) is 9.23. The zero-order valence-corrected chi connectivity index (χ0v) is 6.85. The van der Waals surface area contributed by atoms with Crippen LogP contribution in [0.1, 0.15) is 5.56 Å². The largest absolute Gasteiger partial charge is 0.394 e. The minimum atomic E-state index is -0.125. The predicted octanol–water partition coefficient (Wildman–Crippen LogP) is 0.150. The van der Waals surface area contributed by atoms with Crippen molar-refractivity contribution in [3.8, 4) is 0 Å². The Morgan fingerprint density at radius 2 is 1.33 bits per heavy atom. The SMILES string of the molecule is OCCO.OCc1ccccc1. The highest BCUT2D eigenvalue weighted by Crippen LogP contribution is 1.95. The van der Waals surface area contributed by atoms with E-state index < -0.39 is 0 Å². The molecule has 0 unspecified atom stereocenters. The Labute approximate surface area is 71.9 Å². The van der Waals surface area contributed by atoms with Crippen LogP contribution in [0.2, 0.25) is 0 Å². The van der Waals surface area contributed by atoms with Crippen molar-refractivity contribution in [3.05, 3.63) is 35.9 Å². The maximum atomic E-state index is 8.54. The molecule has 0 amide bonds. The quantitative estimate of drug-likeness (QED) is 0.592. The van der Waals surface area contributed by atoms with Crippen LogP contribution < -0.4 is 0 Å². The summed E-state index contributed by atoms with van der Waals surface area (Å²) in [5, 5.41) is 23.8. The molecular weight excluding hydrogens is 156 g/mol. The van der Waals surface area contributed by atoms with E-state index in [4.69, 9.17) is 15.3 Å². The van der Waals surface area contributed by atoms with E-state index in [0.29, 0.717) is 0 Å². The van der Waals surface area contributed by atoms with Crippen LogP contribution in [0, 0.1) is 0 Å². The molecule has 0 aliphatic carbocycles. The van der Waals surface area contributed by atoms with E-state index in [0.717, 1.165) is 5.56 Å². The minimum absolute atomic E-state index is 0.125. The molecule has 0 spiro atoms. The minimum Gasteiger partial charge on any atom is -0.394 e. The van der Waals surface area contributed by atoms with Crippen molar-refractivity contribution in [1.29, 1.82) is 0 Å². The van der Waals surface area contributed by atoms with Gasteiger partial charge in [-0.3, -0.25) is 0 Å². The highest BCUT2D eigenvalue weighted by atomic mass is 16.3. The van der Waals surface area contributed by atoms with Crippen molar-refractivity contribution in [2.45, 2.75) is 6.61 Å². The van der Waals surface area contributed by atoms with Gasteiger partial charge in [-0.2, -0.15) is 0 Å². The molecule has 0 radical (unpaired) electrons. The van der Waals surface area contributed by atoms with Gasteiger partial charge in [-0.15, -0.1) is 0 Å². The molecule has 12 heavy (non-hydrogen) atoms. The third kappa shape index (κ3) is 5.85. The van der Waals surface area contributed by atoms with E-state index in [1.807, 2.05) is 30.3 Å². The van der Waals surface area contributed by atoms with E-state index in [1.165, 1.54) is 0 Å². The number of hydrogen-bond acceptors (Lipinski definition) is 3. The molecule has 1 aromatic carbocycles. The van der Waals surface area contributed by atoms with Crippen LogP contribution in [-0.4, -0.2) is 28.5 Å². The first kappa shape index (κ1) is 11.1. The molecule has 0 atom stereocenters. The summed E-state index contributed by atoms with van der Waals surface area (Å²) in [4.78, 5) is 0. The van der Waals surface area contributed by atoms with E-state index in [2.05, 4.69) is 0 Å². The van der Waals surface area contributed by atoms with Crippen LogP contribution >= 0.6 is 0 Å². The fraction of sp³-hybridized carbons (Fsp3) is 0.333. The van der Waals surface area contributed by atoms with Crippen LogP contribution in [0.4, 0.5) is 0 Å². The van der Waals surface area contributed by atoms with Gasteiger partial charge in [0.1, 0.15) is 0 Å². The van der Waals surface area contributed by atoms with Gasteiger partial charge in [0, 0.05) is 0 Å². The highest BCUT2D eigenvalue weighted by Gasteiger charge is 1.81. The molecule has 1 rings (SSSR count). The number of aliphatic hydroxyl groups is 3. The van der Waals surface area contributed by atoms with Crippen LogP contribution in [0.5, 0.6) is 0 Å². The fourth-order valence-corrected chi connectivity index (χ4v) is 0.583. The van der Waals surface area contributed by atoms with E-state index in [1.54, 1.807) is 0 Å². The normalized spacial score (nSPS) is 8.58. The van der Waals surface area contributed by atoms with Crippen molar-refractivity contribution in [2.75, 3.05) is 13.2 Å². The van der Waals surface area contributed by atoms with Crippen LogP contribution in [-0.2, 0) is 6.61 Å². The van der Waals surface area contributed by atoms with Crippen molar-refractivity contribution >= 4 is 0 Å². The number of hydrogen-bond donors (Lipinski definition) is 3. The molecule has 1 aromatic rings. The molecular formula is C9H14O3. The standard InChI is InChI=1S/C7H8O.C2H6O2/c8-6-7-4-2-1-3-5-7;3-1-2-4/h1-5,8H,6H2;3-4H,1-2H2. The molecule has 0 saturated carbocycles. The van der Waals surface area contributed by atoms with Crippen molar-refractivity contribution in [1.82, 2.24) is 0 Å². The Morgan fingerprint density at radius 3 is 1.58 bits per heavy atom. The van der Waals surface area contributed by atoms with Gasteiger partial charge in [-0.05, 0) is 5.56 Å². The lowest BCUT2D eigenvalue weighted by Crippen LogP contribution is -1.85. The molecule has 3 heteroatoms. The fourth-order valence-electron chi connectivity index (χ4n) is 0.583. The van der Waals surface area contributed by atoms with Gasteiger partial charge < -0.3 is 15.3 Å². The summed E-state index contributed by atoms with van der Waals surface area (Å²) in [6.07, 6.45) is 0. The summed E-state index contributed by atoms with van der Waals surface area (Å²) in [6, 6.07) is 9.52. The molecule has 0 aliphatic rings. The number of aliphatic hydroxyl groups excluding tert-OH is 3. The number of benzene rings is 1. The molecule has 0 aromatic heterocycles. The van der Waals surface area contributed by atoms with Crippen LogP contribution in [0.15, 0.2) is 30.3 Å². The molecule has 0 heterocycles. The lowest BCUT2D eigenvalue weighted by Gasteiger charge is -1.89. The topological polar surface area (TPSA) is 60.7 Å². The molecule has 0 bridgehead atoms. The van der Waals surface area contributed by atoms with Crippen molar-refractivity contribution < 1.29 is 15.3 Å². The molecule has 3 N–H and O–H groups in total. The second-order valence-corrected chi connectivity index (χ2v) is 2.09. The smallest absolute Gasteiger partial charge is 0.0681 e. The lowest BCUT2D eigenvalue weighted by atomic mass is 10.2. The molecule has 0 fully saturated rings. The average Bonchev–Trinajstić information content (AvgIpc) is 2.19. The van der Waals surface area contributed by atoms with Gasteiger partial charge in [0.2, 0.25) is 0 Å². The van der Waals surface area contributed by atoms with Crippen LogP contribution in [0.3, 0.4) is 0 Å². The lowest BCUT2D eigenvalue weighted by molar-refractivity contribution is 0.186.